The third-order valence-electron chi connectivity index (χ3n) is 5.51. The highest BCUT2D eigenvalue weighted by Gasteiger charge is 2.39. The van der Waals surface area contributed by atoms with Gasteiger partial charge in [0.2, 0.25) is 0 Å². The molecule has 2 aliphatic rings. The number of aliphatic carboxylic acids is 1. The number of thiocarbonyl (C=S) groups is 1. The summed E-state index contributed by atoms with van der Waals surface area (Å²) in [4.78, 5) is 27.5. The zero-order chi connectivity index (χ0) is 21.3. The van der Waals surface area contributed by atoms with E-state index < -0.39 is 5.97 Å². The summed E-state index contributed by atoms with van der Waals surface area (Å²) in [6.45, 7) is 0. The lowest BCUT2D eigenvalue weighted by Gasteiger charge is -2.32. The SMILES string of the molecule is CSc1ccccc1-c1ccc(C=C2SC(=S)N(C3CCC(C(=O)O)CC3)C2=O)o1. The third kappa shape index (κ3) is 4.22. The number of rotatable bonds is 5. The van der Waals surface area contributed by atoms with Crippen molar-refractivity contribution >= 4 is 58.0 Å². The summed E-state index contributed by atoms with van der Waals surface area (Å²) in [5, 5.41) is 9.19. The van der Waals surface area contributed by atoms with Crippen LogP contribution < -0.4 is 0 Å². The smallest absolute Gasteiger partial charge is 0.306 e. The molecule has 1 saturated carbocycles. The number of benzene rings is 1. The van der Waals surface area contributed by atoms with Crippen LogP contribution in [-0.2, 0) is 9.59 Å². The zero-order valence-corrected chi connectivity index (χ0v) is 18.8. The lowest BCUT2D eigenvalue weighted by molar-refractivity contribution is -0.143. The number of carbonyl (C=O) groups is 2. The maximum atomic E-state index is 13.0. The minimum absolute atomic E-state index is 0.0281. The Labute approximate surface area is 188 Å². The van der Waals surface area contributed by atoms with E-state index in [1.165, 1.54) is 11.8 Å². The molecule has 30 heavy (non-hydrogen) atoms. The summed E-state index contributed by atoms with van der Waals surface area (Å²) >= 11 is 8.40. The second kappa shape index (κ2) is 8.99. The van der Waals surface area contributed by atoms with Crippen LogP contribution >= 0.6 is 35.7 Å². The molecule has 0 bridgehead atoms. The van der Waals surface area contributed by atoms with Crippen LogP contribution in [-0.4, -0.2) is 38.5 Å². The van der Waals surface area contributed by atoms with E-state index in [0.29, 0.717) is 40.7 Å². The van der Waals surface area contributed by atoms with Gasteiger partial charge >= 0.3 is 5.97 Å². The number of furan rings is 1. The van der Waals surface area contributed by atoms with E-state index in [-0.39, 0.29) is 17.9 Å². The van der Waals surface area contributed by atoms with Crippen molar-refractivity contribution in [1.29, 1.82) is 0 Å². The van der Waals surface area contributed by atoms with Crippen LogP contribution in [0.4, 0.5) is 0 Å². The number of carbonyl (C=O) groups excluding carboxylic acids is 1. The molecule has 156 valence electrons. The van der Waals surface area contributed by atoms with Crippen molar-refractivity contribution in [3.63, 3.8) is 0 Å². The number of nitrogens with zero attached hydrogens (tertiary/aromatic N) is 1. The number of carboxylic acid groups (broad SMARTS) is 1. The second-order valence-corrected chi connectivity index (χ2v) is 9.82. The number of thioether (sulfide) groups is 2. The molecule has 2 heterocycles. The summed E-state index contributed by atoms with van der Waals surface area (Å²) in [7, 11) is 0. The van der Waals surface area contributed by atoms with Crippen LogP contribution in [0.1, 0.15) is 31.4 Å². The normalized spacial score (nSPS) is 23.4. The van der Waals surface area contributed by atoms with Crippen LogP contribution in [0.2, 0.25) is 0 Å². The lowest BCUT2D eigenvalue weighted by Crippen LogP contribution is -2.41. The van der Waals surface area contributed by atoms with Crippen LogP contribution in [0.3, 0.4) is 0 Å². The maximum Gasteiger partial charge on any atom is 0.306 e. The fourth-order valence-electron chi connectivity index (χ4n) is 3.93. The van der Waals surface area contributed by atoms with E-state index in [0.717, 1.165) is 16.2 Å². The van der Waals surface area contributed by atoms with Crippen molar-refractivity contribution in [3.8, 4) is 11.3 Å². The lowest BCUT2D eigenvalue weighted by atomic mass is 9.85. The summed E-state index contributed by atoms with van der Waals surface area (Å²) in [6, 6.07) is 11.8. The van der Waals surface area contributed by atoms with E-state index in [2.05, 4.69) is 0 Å². The first-order chi connectivity index (χ1) is 14.5. The first-order valence-corrected chi connectivity index (χ1v) is 12.2. The molecule has 4 rings (SSSR count). The summed E-state index contributed by atoms with van der Waals surface area (Å²) in [5.74, 6) is 0.173. The number of carboxylic acids is 1. The van der Waals surface area contributed by atoms with Gasteiger partial charge in [0, 0.05) is 22.6 Å². The maximum absolute atomic E-state index is 13.0. The fraction of sp³-hybridized carbons (Fsp3) is 0.318. The van der Waals surface area contributed by atoms with E-state index >= 15 is 0 Å². The van der Waals surface area contributed by atoms with E-state index in [4.69, 9.17) is 16.6 Å². The van der Waals surface area contributed by atoms with Gasteiger partial charge in [-0.1, -0.05) is 42.2 Å². The average molecular weight is 460 g/mol. The molecule has 1 aliphatic heterocycles. The van der Waals surface area contributed by atoms with Gasteiger partial charge in [0.15, 0.2) is 0 Å². The van der Waals surface area contributed by atoms with Gasteiger partial charge in [-0.25, -0.2) is 0 Å². The van der Waals surface area contributed by atoms with Crippen molar-refractivity contribution < 1.29 is 19.1 Å². The highest BCUT2D eigenvalue weighted by molar-refractivity contribution is 8.26. The van der Waals surface area contributed by atoms with Crippen LogP contribution in [0.5, 0.6) is 0 Å². The third-order valence-corrected chi connectivity index (χ3v) is 7.63. The molecule has 0 atom stereocenters. The minimum Gasteiger partial charge on any atom is -0.481 e. The molecule has 0 unspecified atom stereocenters. The molecule has 0 spiro atoms. The summed E-state index contributed by atoms with van der Waals surface area (Å²) in [6.07, 6.45) is 6.24. The van der Waals surface area contributed by atoms with Gasteiger partial charge in [0.25, 0.3) is 5.91 Å². The van der Waals surface area contributed by atoms with E-state index in [1.54, 1.807) is 22.7 Å². The highest BCUT2D eigenvalue weighted by Crippen LogP contribution is 2.39. The Kier molecular flexibility index (Phi) is 6.36. The molecule has 0 radical (unpaired) electrons. The molecular weight excluding hydrogens is 438 g/mol. The number of hydrogen-bond donors (Lipinski definition) is 1. The number of hydrogen-bond acceptors (Lipinski definition) is 6. The van der Waals surface area contributed by atoms with E-state index in [1.807, 2.05) is 42.7 Å². The predicted octanol–water partition coefficient (Wildman–Crippen LogP) is 5.51. The minimum atomic E-state index is -0.754. The average Bonchev–Trinajstić information content (AvgIpc) is 3.32. The van der Waals surface area contributed by atoms with Crippen molar-refractivity contribution in [2.75, 3.05) is 6.26 Å². The second-order valence-electron chi connectivity index (χ2n) is 7.30. The number of amides is 1. The van der Waals surface area contributed by atoms with Gasteiger partial charge in [0.05, 0.1) is 10.8 Å². The van der Waals surface area contributed by atoms with Crippen LogP contribution in [0.15, 0.2) is 50.6 Å². The van der Waals surface area contributed by atoms with Gasteiger partial charge in [-0.3, -0.25) is 14.5 Å². The molecule has 1 N–H and O–H groups in total. The molecule has 1 saturated heterocycles. The van der Waals surface area contributed by atoms with Gasteiger partial charge in [-0.2, -0.15) is 0 Å². The Morgan fingerprint density at radius 2 is 1.97 bits per heavy atom. The van der Waals surface area contributed by atoms with Crippen LogP contribution in [0.25, 0.3) is 17.4 Å². The fourth-order valence-corrected chi connectivity index (χ4v) is 5.91. The van der Waals surface area contributed by atoms with Crippen molar-refractivity contribution in [2.45, 2.75) is 36.6 Å². The van der Waals surface area contributed by atoms with Gasteiger partial charge in [-0.15, -0.1) is 11.8 Å². The molecular formula is C22H21NO4S3. The summed E-state index contributed by atoms with van der Waals surface area (Å²) < 4.78 is 6.53. The van der Waals surface area contributed by atoms with Crippen molar-refractivity contribution in [2.24, 2.45) is 5.92 Å². The predicted molar refractivity (Wildman–Crippen MR) is 124 cm³/mol. The Hall–Kier alpha value is -2.03. The Bertz CT molecular complexity index is 1020. The van der Waals surface area contributed by atoms with Gasteiger partial charge in [0.1, 0.15) is 15.8 Å². The topological polar surface area (TPSA) is 70.8 Å². The first-order valence-electron chi connectivity index (χ1n) is 9.71. The summed E-state index contributed by atoms with van der Waals surface area (Å²) in [5.41, 5.74) is 1.02. The Morgan fingerprint density at radius 3 is 2.67 bits per heavy atom. The standard InChI is InChI=1S/C22H21NO4S3/c1-29-18-5-3-2-4-16(18)17-11-10-15(27-17)12-19-20(24)23(22(28)30-19)14-8-6-13(7-9-14)21(25)26/h2-5,10-14H,6-9H2,1H3,(H,25,26). The molecule has 8 heteroatoms. The quantitative estimate of drug-likeness (QED) is 0.359. The highest BCUT2D eigenvalue weighted by atomic mass is 32.2. The van der Waals surface area contributed by atoms with Gasteiger partial charge in [-0.05, 0) is 50.1 Å². The molecule has 2 fully saturated rings. The molecule has 5 nitrogen and oxygen atoms in total. The first kappa shape index (κ1) is 21.2. The molecule has 1 aromatic carbocycles. The monoisotopic (exact) mass is 459 g/mol. The Balaban J connectivity index is 1.50. The van der Waals surface area contributed by atoms with Crippen molar-refractivity contribution in [1.82, 2.24) is 4.90 Å². The Morgan fingerprint density at radius 1 is 1.23 bits per heavy atom. The molecule has 1 aromatic heterocycles. The molecule has 2 aromatic rings. The largest absolute Gasteiger partial charge is 0.481 e. The van der Waals surface area contributed by atoms with Crippen molar-refractivity contribution in [3.05, 3.63) is 47.1 Å². The molecule has 1 amide bonds. The van der Waals surface area contributed by atoms with E-state index in [9.17, 15) is 14.7 Å². The molecule has 1 aliphatic carbocycles. The van der Waals surface area contributed by atoms with Gasteiger partial charge < -0.3 is 9.52 Å². The van der Waals surface area contributed by atoms with Crippen LogP contribution in [0, 0.1) is 5.92 Å². The zero-order valence-electron chi connectivity index (χ0n) is 16.4.